The SMILES string of the molecule is COc1ccnc2c(C(=O)N[C@H]3CCCC[C@@H]3O)cn(C(=O)OC(C)(C)C)c12. The molecule has 1 fully saturated rings. The number of nitrogens with zero attached hydrogens (tertiary/aromatic N) is 2. The molecule has 0 aliphatic heterocycles. The van der Waals surface area contributed by atoms with Crippen molar-refractivity contribution in [3.05, 3.63) is 24.0 Å². The van der Waals surface area contributed by atoms with Crippen molar-refractivity contribution < 1.29 is 24.2 Å². The van der Waals surface area contributed by atoms with E-state index in [1.165, 1.54) is 24.1 Å². The fourth-order valence-electron chi connectivity index (χ4n) is 3.43. The highest BCUT2D eigenvalue weighted by Gasteiger charge is 2.29. The van der Waals surface area contributed by atoms with E-state index in [-0.39, 0.29) is 17.5 Å². The summed E-state index contributed by atoms with van der Waals surface area (Å²) in [6, 6.07) is 1.31. The Morgan fingerprint density at radius 1 is 1.29 bits per heavy atom. The number of nitrogens with one attached hydrogen (secondary N) is 1. The number of hydrogen-bond donors (Lipinski definition) is 2. The number of ether oxygens (including phenoxy) is 2. The van der Waals surface area contributed by atoms with Gasteiger partial charge in [0.1, 0.15) is 22.4 Å². The van der Waals surface area contributed by atoms with Crippen LogP contribution >= 0.6 is 0 Å². The van der Waals surface area contributed by atoms with Crippen LogP contribution in [0.4, 0.5) is 4.79 Å². The molecule has 0 unspecified atom stereocenters. The second kappa shape index (κ2) is 7.79. The molecule has 1 aliphatic rings. The molecule has 0 bridgehead atoms. The maximum Gasteiger partial charge on any atom is 0.419 e. The number of aliphatic hydroxyl groups excluding tert-OH is 1. The highest BCUT2D eigenvalue weighted by atomic mass is 16.6. The fourth-order valence-corrected chi connectivity index (χ4v) is 3.43. The van der Waals surface area contributed by atoms with Crippen molar-refractivity contribution in [3.8, 4) is 5.75 Å². The van der Waals surface area contributed by atoms with E-state index in [4.69, 9.17) is 9.47 Å². The van der Waals surface area contributed by atoms with Crippen molar-refractivity contribution in [2.24, 2.45) is 0 Å². The van der Waals surface area contributed by atoms with Crippen LogP contribution in [0.2, 0.25) is 0 Å². The zero-order valence-electron chi connectivity index (χ0n) is 16.7. The Kier molecular flexibility index (Phi) is 5.60. The number of aliphatic hydroxyl groups is 1. The summed E-state index contributed by atoms with van der Waals surface area (Å²) in [6.45, 7) is 5.30. The van der Waals surface area contributed by atoms with Crippen molar-refractivity contribution in [1.82, 2.24) is 14.9 Å². The molecular weight excluding hydrogens is 362 g/mol. The number of rotatable bonds is 3. The summed E-state index contributed by atoms with van der Waals surface area (Å²) < 4.78 is 12.1. The van der Waals surface area contributed by atoms with Crippen LogP contribution in [0.3, 0.4) is 0 Å². The Balaban J connectivity index is 2.01. The van der Waals surface area contributed by atoms with Crippen molar-refractivity contribution in [2.75, 3.05) is 7.11 Å². The van der Waals surface area contributed by atoms with Crippen LogP contribution in [-0.4, -0.2) is 51.5 Å². The summed E-state index contributed by atoms with van der Waals surface area (Å²) in [4.78, 5) is 29.9. The fraction of sp³-hybridized carbons (Fsp3) is 0.550. The van der Waals surface area contributed by atoms with Gasteiger partial charge in [0, 0.05) is 18.5 Å². The van der Waals surface area contributed by atoms with Crippen LogP contribution in [0.15, 0.2) is 18.5 Å². The summed E-state index contributed by atoms with van der Waals surface area (Å²) in [5.74, 6) is 0.0200. The molecule has 3 rings (SSSR count). The number of methoxy groups -OCH3 is 1. The molecule has 2 N–H and O–H groups in total. The monoisotopic (exact) mass is 389 g/mol. The summed E-state index contributed by atoms with van der Waals surface area (Å²) in [5.41, 5.74) is 0.247. The topological polar surface area (TPSA) is 103 Å². The minimum atomic E-state index is -0.697. The highest BCUT2D eigenvalue weighted by Crippen LogP contribution is 2.29. The maximum atomic E-state index is 12.9. The van der Waals surface area contributed by atoms with Gasteiger partial charge in [-0.05, 0) is 33.6 Å². The number of fused-ring (bicyclic) bond motifs is 1. The lowest BCUT2D eigenvalue weighted by Gasteiger charge is -2.28. The number of amides is 1. The summed E-state index contributed by atoms with van der Waals surface area (Å²) in [7, 11) is 1.49. The van der Waals surface area contributed by atoms with E-state index in [9.17, 15) is 14.7 Å². The number of aromatic nitrogens is 2. The number of hydrogen-bond acceptors (Lipinski definition) is 6. The first-order valence-electron chi connectivity index (χ1n) is 9.47. The zero-order valence-corrected chi connectivity index (χ0v) is 16.7. The number of carbonyl (C=O) groups is 2. The lowest BCUT2D eigenvalue weighted by molar-refractivity contribution is 0.0543. The van der Waals surface area contributed by atoms with E-state index in [0.29, 0.717) is 29.6 Å². The van der Waals surface area contributed by atoms with E-state index < -0.39 is 17.8 Å². The Bertz CT molecular complexity index is 884. The molecule has 1 amide bonds. The standard InChI is InChI=1S/C20H27N3O5/c1-20(2,3)28-19(26)23-11-12(16-17(23)15(27-4)9-10-21-16)18(25)22-13-7-5-6-8-14(13)24/h9-11,13-14,24H,5-8H2,1-4H3,(H,22,25)/t13-,14-/m0/s1. The van der Waals surface area contributed by atoms with Crippen molar-refractivity contribution in [2.45, 2.75) is 64.2 Å². The number of carbonyl (C=O) groups excluding carboxylic acids is 2. The Morgan fingerprint density at radius 3 is 2.64 bits per heavy atom. The van der Waals surface area contributed by atoms with E-state index in [1.54, 1.807) is 26.8 Å². The third-order valence-corrected chi connectivity index (χ3v) is 4.74. The predicted octanol–water partition coefficient (Wildman–Crippen LogP) is 2.86. The van der Waals surface area contributed by atoms with E-state index >= 15 is 0 Å². The van der Waals surface area contributed by atoms with E-state index in [1.807, 2.05) is 0 Å². The maximum absolute atomic E-state index is 12.9. The molecule has 8 nitrogen and oxygen atoms in total. The molecule has 2 atom stereocenters. The van der Waals surface area contributed by atoms with E-state index in [0.717, 1.165) is 12.8 Å². The van der Waals surface area contributed by atoms with Gasteiger partial charge >= 0.3 is 6.09 Å². The van der Waals surface area contributed by atoms with Gasteiger partial charge in [-0.1, -0.05) is 12.8 Å². The molecule has 2 heterocycles. The highest BCUT2D eigenvalue weighted by molar-refractivity contribution is 6.08. The summed E-state index contributed by atoms with van der Waals surface area (Å²) >= 11 is 0. The molecule has 0 saturated heterocycles. The molecule has 0 spiro atoms. The zero-order chi connectivity index (χ0) is 20.5. The average Bonchev–Trinajstić information content (AvgIpc) is 3.02. The third-order valence-electron chi connectivity index (χ3n) is 4.74. The first-order valence-corrected chi connectivity index (χ1v) is 9.47. The molecule has 0 radical (unpaired) electrons. The first kappa shape index (κ1) is 20.1. The molecule has 2 aromatic heterocycles. The second-order valence-electron chi connectivity index (χ2n) is 8.04. The Hall–Kier alpha value is -2.61. The van der Waals surface area contributed by atoms with Gasteiger partial charge < -0.3 is 19.9 Å². The molecule has 0 aromatic carbocycles. The third kappa shape index (κ3) is 4.11. The minimum Gasteiger partial charge on any atom is -0.494 e. The molecule has 28 heavy (non-hydrogen) atoms. The number of pyridine rings is 1. The first-order chi connectivity index (χ1) is 13.2. The average molecular weight is 389 g/mol. The van der Waals surface area contributed by atoms with Crippen LogP contribution in [0.5, 0.6) is 5.75 Å². The van der Waals surface area contributed by atoms with Crippen LogP contribution in [0.25, 0.3) is 11.0 Å². The molecule has 152 valence electrons. The van der Waals surface area contributed by atoms with Crippen LogP contribution in [0, 0.1) is 0 Å². The molecule has 8 heteroatoms. The van der Waals surface area contributed by atoms with Gasteiger partial charge in [-0.2, -0.15) is 0 Å². The van der Waals surface area contributed by atoms with Crippen LogP contribution < -0.4 is 10.1 Å². The van der Waals surface area contributed by atoms with Crippen molar-refractivity contribution in [1.29, 1.82) is 0 Å². The van der Waals surface area contributed by atoms with Gasteiger partial charge in [0.05, 0.1) is 24.8 Å². The van der Waals surface area contributed by atoms with Crippen LogP contribution in [0.1, 0.15) is 56.8 Å². The Labute approximate surface area is 163 Å². The van der Waals surface area contributed by atoms with Gasteiger partial charge in [-0.3, -0.25) is 9.78 Å². The van der Waals surface area contributed by atoms with Gasteiger partial charge in [-0.25, -0.2) is 9.36 Å². The molecule has 1 aliphatic carbocycles. The minimum absolute atomic E-state index is 0.234. The second-order valence-corrected chi connectivity index (χ2v) is 8.04. The predicted molar refractivity (Wildman–Crippen MR) is 104 cm³/mol. The van der Waals surface area contributed by atoms with Crippen molar-refractivity contribution >= 4 is 23.0 Å². The van der Waals surface area contributed by atoms with Gasteiger partial charge in [-0.15, -0.1) is 0 Å². The van der Waals surface area contributed by atoms with Gasteiger partial charge in [0.25, 0.3) is 5.91 Å². The quantitative estimate of drug-likeness (QED) is 0.837. The molecule has 2 aromatic rings. The molecular formula is C20H27N3O5. The summed E-state index contributed by atoms with van der Waals surface area (Å²) in [5, 5.41) is 13.0. The van der Waals surface area contributed by atoms with Crippen LogP contribution in [-0.2, 0) is 4.74 Å². The van der Waals surface area contributed by atoms with Crippen molar-refractivity contribution in [3.63, 3.8) is 0 Å². The van der Waals surface area contributed by atoms with Gasteiger partial charge in [0.15, 0.2) is 0 Å². The Morgan fingerprint density at radius 2 is 2.00 bits per heavy atom. The smallest absolute Gasteiger partial charge is 0.419 e. The van der Waals surface area contributed by atoms with E-state index in [2.05, 4.69) is 10.3 Å². The lowest BCUT2D eigenvalue weighted by atomic mass is 9.92. The largest absolute Gasteiger partial charge is 0.494 e. The lowest BCUT2D eigenvalue weighted by Crippen LogP contribution is -2.45. The molecule has 1 saturated carbocycles. The van der Waals surface area contributed by atoms with Gasteiger partial charge in [0.2, 0.25) is 0 Å². The summed E-state index contributed by atoms with van der Waals surface area (Å²) in [6.07, 6.45) is 5.02. The normalized spacial score (nSPS) is 20.0.